The second-order valence-corrected chi connectivity index (χ2v) is 2.56. The van der Waals surface area contributed by atoms with Crippen LogP contribution in [0.25, 0.3) is 0 Å². The Morgan fingerprint density at radius 3 is 1.85 bits per heavy atom. The second kappa shape index (κ2) is 6.35. The van der Waals surface area contributed by atoms with Gasteiger partial charge in [-0.3, -0.25) is 0 Å². The Kier molecular flexibility index (Phi) is 5.77. The van der Waals surface area contributed by atoms with Crippen LogP contribution < -0.4 is 9.47 Å². The number of benzene rings is 1. The molecule has 0 N–H and O–H groups in total. The van der Waals surface area contributed by atoms with E-state index in [9.17, 15) is 0 Å². The summed E-state index contributed by atoms with van der Waals surface area (Å²) < 4.78 is 10.2. The summed E-state index contributed by atoms with van der Waals surface area (Å²) in [5.41, 5.74) is 0. The lowest BCUT2D eigenvalue weighted by Gasteiger charge is -1.89. The van der Waals surface area contributed by atoms with E-state index >= 15 is 0 Å². The van der Waals surface area contributed by atoms with Crippen molar-refractivity contribution in [1.82, 2.24) is 0 Å². The first-order valence-electron chi connectivity index (χ1n) is 4.23. The molecular formula is C11H18O2. The van der Waals surface area contributed by atoms with Gasteiger partial charge in [-0.25, -0.2) is 0 Å². The van der Waals surface area contributed by atoms with Crippen LogP contribution in [0.5, 0.6) is 11.5 Å². The highest BCUT2D eigenvalue weighted by atomic mass is 16.7. The third-order valence-electron chi connectivity index (χ3n) is 1.28. The van der Waals surface area contributed by atoms with Crippen molar-refractivity contribution in [2.24, 2.45) is 0 Å². The smallest absolute Gasteiger partial charge is 0.231 e. The highest BCUT2D eigenvalue weighted by molar-refractivity contribution is 5.40. The molecule has 2 nitrogen and oxygen atoms in total. The monoisotopic (exact) mass is 182 g/mol. The molecule has 0 unspecified atom stereocenters. The molecule has 2 rings (SSSR count). The van der Waals surface area contributed by atoms with Crippen molar-refractivity contribution in [3.63, 3.8) is 0 Å². The van der Waals surface area contributed by atoms with E-state index in [1.807, 2.05) is 24.3 Å². The first kappa shape index (κ1) is 11.8. The van der Waals surface area contributed by atoms with Crippen LogP contribution in [0.4, 0.5) is 0 Å². The van der Waals surface area contributed by atoms with Crippen LogP contribution >= 0.6 is 0 Å². The standard InChI is InChI=1S/C7H6O2.C3H8.CH4/c1-2-4-7-6(3-1)8-5-9-7;1-3-2;/h1-4H,5H2;3H2,1-2H3;1H4. The van der Waals surface area contributed by atoms with Crippen molar-refractivity contribution in [3.05, 3.63) is 24.3 Å². The zero-order valence-electron chi connectivity index (χ0n) is 7.54. The van der Waals surface area contributed by atoms with Crippen molar-refractivity contribution in [2.75, 3.05) is 6.79 Å². The Morgan fingerprint density at radius 2 is 1.46 bits per heavy atom. The van der Waals surface area contributed by atoms with Gasteiger partial charge in [0.25, 0.3) is 0 Å². The van der Waals surface area contributed by atoms with Crippen LogP contribution in [0.2, 0.25) is 0 Å². The van der Waals surface area contributed by atoms with Crippen LogP contribution in [0.3, 0.4) is 0 Å². The Morgan fingerprint density at radius 1 is 1.08 bits per heavy atom. The van der Waals surface area contributed by atoms with Crippen LogP contribution in [-0.4, -0.2) is 6.79 Å². The van der Waals surface area contributed by atoms with Gasteiger partial charge in [-0.05, 0) is 12.1 Å². The summed E-state index contributed by atoms with van der Waals surface area (Å²) >= 11 is 0. The van der Waals surface area contributed by atoms with Gasteiger partial charge in [-0.2, -0.15) is 0 Å². The van der Waals surface area contributed by atoms with E-state index in [4.69, 9.17) is 9.47 Å². The summed E-state index contributed by atoms with van der Waals surface area (Å²) in [5.74, 6) is 1.69. The first-order valence-corrected chi connectivity index (χ1v) is 4.23. The summed E-state index contributed by atoms with van der Waals surface area (Å²) in [7, 11) is 0. The SMILES string of the molecule is C.CCC.c1ccc2c(c1)OCO2. The minimum Gasteiger partial charge on any atom is -0.454 e. The molecule has 1 heterocycles. The molecule has 0 fully saturated rings. The van der Waals surface area contributed by atoms with E-state index in [-0.39, 0.29) is 7.43 Å². The molecule has 0 saturated heterocycles. The van der Waals surface area contributed by atoms with E-state index in [1.165, 1.54) is 6.42 Å². The molecule has 0 radical (unpaired) electrons. The minimum atomic E-state index is 0. The molecule has 0 aromatic heterocycles. The lowest BCUT2D eigenvalue weighted by molar-refractivity contribution is 0.174. The van der Waals surface area contributed by atoms with Gasteiger partial charge in [0.05, 0.1) is 0 Å². The molecule has 2 heteroatoms. The van der Waals surface area contributed by atoms with E-state index in [0.717, 1.165) is 11.5 Å². The van der Waals surface area contributed by atoms with Gasteiger partial charge in [0.15, 0.2) is 11.5 Å². The average molecular weight is 182 g/mol. The number of fused-ring (bicyclic) bond motifs is 1. The Bertz CT molecular complexity index is 210. The summed E-state index contributed by atoms with van der Waals surface area (Å²) in [6, 6.07) is 7.63. The maximum absolute atomic E-state index is 5.08. The summed E-state index contributed by atoms with van der Waals surface area (Å²) in [6.45, 7) is 4.61. The van der Waals surface area contributed by atoms with Crippen LogP contribution in [0, 0.1) is 0 Å². The zero-order valence-corrected chi connectivity index (χ0v) is 7.54. The van der Waals surface area contributed by atoms with Crippen molar-refractivity contribution in [2.45, 2.75) is 27.7 Å². The fourth-order valence-electron chi connectivity index (χ4n) is 0.845. The molecule has 0 amide bonds. The Hall–Kier alpha value is -1.18. The molecule has 0 saturated carbocycles. The highest BCUT2D eigenvalue weighted by Gasteiger charge is 2.09. The molecule has 0 bridgehead atoms. The third-order valence-corrected chi connectivity index (χ3v) is 1.28. The number of ether oxygens (including phenoxy) is 2. The van der Waals surface area contributed by atoms with E-state index in [2.05, 4.69) is 13.8 Å². The Labute approximate surface area is 80.5 Å². The normalized spacial score (nSPS) is 10.9. The number of rotatable bonds is 0. The predicted molar refractivity (Wildman–Crippen MR) is 55.3 cm³/mol. The second-order valence-electron chi connectivity index (χ2n) is 2.56. The summed E-state index contributed by atoms with van der Waals surface area (Å²) in [4.78, 5) is 0. The topological polar surface area (TPSA) is 18.5 Å². The quantitative estimate of drug-likeness (QED) is 0.611. The van der Waals surface area contributed by atoms with Crippen LogP contribution in [-0.2, 0) is 0 Å². The molecule has 0 spiro atoms. The lowest BCUT2D eigenvalue weighted by atomic mass is 10.3. The lowest BCUT2D eigenvalue weighted by Crippen LogP contribution is -1.92. The van der Waals surface area contributed by atoms with Crippen molar-refractivity contribution in [1.29, 1.82) is 0 Å². The third kappa shape index (κ3) is 3.36. The van der Waals surface area contributed by atoms with Crippen molar-refractivity contribution in [3.8, 4) is 11.5 Å². The number of para-hydroxylation sites is 2. The molecule has 0 atom stereocenters. The molecular weight excluding hydrogens is 164 g/mol. The van der Waals surface area contributed by atoms with E-state index < -0.39 is 0 Å². The molecule has 1 aromatic carbocycles. The largest absolute Gasteiger partial charge is 0.454 e. The average Bonchev–Trinajstić information content (AvgIpc) is 2.52. The fourth-order valence-corrected chi connectivity index (χ4v) is 0.845. The number of hydrogen-bond acceptors (Lipinski definition) is 2. The summed E-state index contributed by atoms with van der Waals surface area (Å²) in [6.07, 6.45) is 1.25. The van der Waals surface area contributed by atoms with Crippen LogP contribution in [0.1, 0.15) is 27.7 Å². The van der Waals surface area contributed by atoms with Crippen molar-refractivity contribution < 1.29 is 9.47 Å². The van der Waals surface area contributed by atoms with Gasteiger partial charge >= 0.3 is 0 Å². The molecule has 1 aliphatic heterocycles. The van der Waals surface area contributed by atoms with Gasteiger partial charge in [0.1, 0.15) is 0 Å². The van der Waals surface area contributed by atoms with Gasteiger partial charge in [0.2, 0.25) is 6.79 Å². The van der Waals surface area contributed by atoms with Gasteiger partial charge in [0, 0.05) is 0 Å². The highest BCUT2D eigenvalue weighted by Crippen LogP contribution is 2.30. The van der Waals surface area contributed by atoms with Gasteiger partial charge < -0.3 is 9.47 Å². The fraction of sp³-hybridized carbons (Fsp3) is 0.455. The maximum Gasteiger partial charge on any atom is 0.231 e. The Balaban J connectivity index is 0.000000324. The molecule has 1 aliphatic rings. The maximum atomic E-state index is 5.08. The first-order chi connectivity index (χ1) is 5.88. The van der Waals surface area contributed by atoms with Crippen LogP contribution in [0.15, 0.2) is 24.3 Å². The van der Waals surface area contributed by atoms with E-state index in [0.29, 0.717) is 6.79 Å². The minimum absolute atomic E-state index is 0. The van der Waals surface area contributed by atoms with Gasteiger partial charge in [-0.1, -0.05) is 39.8 Å². The predicted octanol–water partition coefficient (Wildman–Crippen LogP) is 3.47. The molecule has 1 aromatic rings. The molecule has 74 valence electrons. The van der Waals surface area contributed by atoms with E-state index in [1.54, 1.807) is 0 Å². The van der Waals surface area contributed by atoms with Gasteiger partial charge in [-0.15, -0.1) is 0 Å². The van der Waals surface area contributed by atoms with Crippen molar-refractivity contribution >= 4 is 0 Å². The summed E-state index contributed by atoms with van der Waals surface area (Å²) in [5, 5.41) is 0. The molecule has 0 aliphatic carbocycles. The molecule has 13 heavy (non-hydrogen) atoms. The zero-order chi connectivity index (χ0) is 8.81. The number of hydrogen-bond donors (Lipinski definition) is 0.